The van der Waals surface area contributed by atoms with Crippen molar-refractivity contribution < 1.29 is 86.1 Å². The number of aliphatic hydroxyl groups excluding tert-OH is 3. The molecular formula is C65H103N5O18Si. The predicted molar refractivity (Wildman–Crippen MR) is 326 cm³/mol. The number of ketones is 7. The van der Waals surface area contributed by atoms with Gasteiger partial charge >= 0.3 is 8.80 Å². The third kappa shape index (κ3) is 21.3. The van der Waals surface area contributed by atoms with E-state index in [0.717, 1.165) is 6.42 Å². The zero-order valence-corrected chi connectivity index (χ0v) is 54.1. The van der Waals surface area contributed by atoms with E-state index < -0.39 is 128 Å². The van der Waals surface area contributed by atoms with Crippen molar-refractivity contribution in [3.05, 3.63) is 0 Å². The fourth-order valence-corrected chi connectivity index (χ4v) is 18.2. The zero-order valence-electron chi connectivity index (χ0n) is 53.1. The van der Waals surface area contributed by atoms with E-state index in [0.29, 0.717) is 129 Å². The van der Waals surface area contributed by atoms with E-state index >= 15 is 0 Å². The number of carbonyl (C=O) groups excluding carboxylic acids is 12. The summed E-state index contributed by atoms with van der Waals surface area (Å²) in [6, 6.07) is -1.87. The molecule has 0 aromatic rings. The van der Waals surface area contributed by atoms with Gasteiger partial charge in [-0.1, -0.05) is 32.1 Å². The third-order valence-corrected chi connectivity index (χ3v) is 23.0. The lowest BCUT2D eigenvalue weighted by molar-refractivity contribution is -0.135. The van der Waals surface area contributed by atoms with Gasteiger partial charge in [-0.25, -0.2) is 0 Å². The molecule has 23 nitrogen and oxygen atoms in total. The Balaban J connectivity index is 0.927. The molecule has 6 aliphatic rings. The summed E-state index contributed by atoms with van der Waals surface area (Å²) in [7, 11) is -2.77. The molecule has 24 heteroatoms. The van der Waals surface area contributed by atoms with E-state index in [1.807, 2.05) is 20.8 Å². The Hall–Kier alpha value is -4.98. The van der Waals surface area contributed by atoms with Crippen LogP contribution in [0.5, 0.6) is 0 Å². The number of primary amides is 1. The highest BCUT2D eigenvalue weighted by atomic mass is 28.4. The van der Waals surface area contributed by atoms with Crippen LogP contribution in [0.15, 0.2) is 0 Å². The quantitative estimate of drug-likeness (QED) is 0.0309. The van der Waals surface area contributed by atoms with Gasteiger partial charge in [0.1, 0.15) is 46.5 Å². The summed E-state index contributed by atoms with van der Waals surface area (Å²) in [5.74, 6) is -10.6. The molecule has 0 heterocycles. The fraction of sp³-hybridized carbons (Fsp3) is 0.815. The zero-order chi connectivity index (χ0) is 65.0. The van der Waals surface area contributed by atoms with E-state index in [2.05, 4.69) is 21.3 Å². The molecule has 500 valence electrons. The van der Waals surface area contributed by atoms with E-state index in [4.69, 9.17) is 19.0 Å². The minimum absolute atomic E-state index is 0.0434. The summed E-state index contributed by atoms with van der Waals surface area (Å²) in [6.07, 6.45) is 5.93. The van der Waals surface area contributed by atoms with Gasteiger partial charge in [-0.2, -0.15) is 0 Å². The molecule has 0 saturated heterocycles. The molecular weight excluding hydrogens is 1170 g/mol. The van der Waals surface area contributed by atoms with Crippen LogP contribution >= 0.6 is 0 Å². The van der Waals surface area contributed by atoms with Gasteiger partial charge in [-0.3, -0.25) is 57.5 Å². The van der Waals surface area contributed by atoms with E-state index in [-0.39, 0.29) is 123 Å². The van der Waals surface area contributed by atoms with Gasteiger partial charge in [0.25, 0.3) is 0 Å². The first-order chi connectivity index (χ1) is 42.5. The average molecular weight is 1270 g/mol. The number of hydrogen-bond acceptors (Lipinski definition) is 18. The SMILES string of the molecule is CCO[Si](CCCCC(=O)CCCCC[C@H](NC(C)=O)C(=O)NC1CCC[C@H]1C(=O)C1CC(O)C[C@H]1C(=O)CCC(=O)NC1CCC[C@H]1C(=O)C1CC(O)C[C@H]1C(=O)CCC(=O)NC1CCC[C@H]1C(=O)C1CC(O)C[C@H]1C(=O)CCC(N)=O)(OCC)OCC. The molecule has 6 aliphatic carbocycles. The fourth-order valence-electron chi connectivity index (χ4n) is 15.6. The highest BCUT2D eigenvalue weighted by Gasteiger charge is 2.50. The van der Waals surface area contributed by atoms with E-state index in [1.165, 1.54) is 6.92 Å². The molecule has 6 fully saturated rings. The number of aliphatic hydroxyl groups is 3. The number of nitrogens with two attached hydrogens (primary N) is 1. The Bertz CT molecular complexity index is 2480. The largest absolute Gasteiger partial charge is 0.500 e. The topological polar surface area (TPSA) is 367 Å². The molecule has 0 aliphatic heterocycles. The molecule has 0 radical (unpaired) electrons. The van der Waals surface area contributed by atoms with E-state index in [1.54, 1.807) is 0 Å². The summed E-state index contributed by atoms with van der Waals surface area (Å²) < 4.78 is 17.8. The normalized spacial score (nSPS) is 29.5. The number of hydrogen-bond donors (Lipinski definition) is 8. The number of rotatable bonds is 40. The van der Waals surface area contributed by atoms with E-state index in [9.17, 15) is 72.9 Å². The van der Waals surface area contributed by atoms with Crippen molar-refractivity contribution >= 4 is 78.8 Å². The maximum Gasteiger partial charge on any atom is 0.500 e. The van der Waals surface area contributed by atoms with Gasteiger partial charge in [0.15, 0.2) is 0 Å². The second-order valence-electron chi connectivity index (χ2n) is 26.2. The first-order valence-electron chi connectivity index (χ1n) is 33.6. The molecule has 5 amide bonds. The summed E-state index contributed by atoms with van der Waals surface area (Å²) in [6.45, 7) is 8.53. The van der Waals surface area contributed by atoms with Crippen molar-refractivity contribution in [3.8, 4) is 0 Å². The van der Waals surface area contributed by atoms with Crippen LogP contribution in [-0.2, 0) is 70.8 Å². The minimum atomic E-state index is -2.77. The second-order valence-corrected chi connectivity index (χ2v) is 29.0. The lowest BCUT2D eigenvalue weighted by Crippen LogP contribution is -2.51. The number of nitrogens with one attached hydrogen (secondary N) is 4. The number of unbranched alkanes of at least 4 members (excludes halogenated alkanes) is 3. The van der Waals surface area contributed by atoms with Crippen molar-refractivity contribution in [2.75, 3.05) is 19.8 Å². The number of carbonyl (C=O) groups is 12. The lowest BCUT2D eigenvalue weighted by atomic mass is 9.80. The van der Waals surface area contributed by atoms with Crippen LogP contribution in [0.4, 0.5) is 0 Å². The summed E-state index contributed by atoms with van der Waals surface area (Å²) in [4.78, 5) is 160. The van der Waals surface area contributed by atoms with Gasteiger partial charge in [0.05, 0.1) is 18.3 Å². The van der Waals surface area contributed by atoms with Gasteiger partial charge in [-0.05, 0) is 124 Å². The summed E-state index contributed by atoms with van der Waals surface area (Å²) in [5.41, 5.74) is 5.23. The van der Waals surface area contributed by atoms with Gasteiger partial charge in [0.2, 0.25) is 29.5 Å². The maximum atomic E-state index is 14.3. The molecule has 6 rings (SSSR count). The number of amides is 5. The number of Topliss-reactive ketones (excluding diaryl/α,β-unsaturated/α-hetero) is 7. The van der Waals surface area contributed by atoms with Crippen molar-refractivity contribution in [1.82, 2.24) is 21.3 Å². The highest BCUT2D eigenvalue weighted by molar-refractivity contribution is 6.60. The Morgan fingerprint density at radius 2 is 0.820 bits per heavy atom. The van der Waals surface area contributed by atoms with Crippen LogP contribution in [0, 0.1) is 53.3 Å². The van der Waals surface area contributed by atoms with Crippen molar-refractivity contribution in [1.29, 1.82) is 0 Å². The van der Waals surface area contributed by atoms with Crippen molar-refractivity contribution in [2.45, 2.75) is 262 Å². The predicted octanol–water partition coefficient (Wildman–Crippen LogP) is 4.49. The first-order valence-corrected chi connectivity index (χ1v) is 35.5. The monoisotopic (exact) mass is 1270 g/mol. The highest BCUT2D eigenvalue weighted by Crippen LogP contribution is 2.43. The smallest absolute Gasteiger partial charge is 0.393 e. The summed E-state index contributed by atoms with van der Waals surface area (Å²) >= 11 is 0. The van der Waals surface area contributed by atoms with Crippen LogP contribution in [0.25, 0.3) is 0 Å². The van der Waals surface area contributed by atoms with Crippen LogP contribution in [0.1, 0.15) is 214 Å². The molecule has 16 atom stereocenters. The van der Waals surface area contributed by atoms with Crippen LogP contribution in [0.2, 0.25) is 6.04 Å². The molecule has 9 unspecified atom stereocenters. The molecule has 0 aromatic heterocycles. The third-order valence-electron chi connectivity index (χ3n) is 19.9. The maximum absolute atomic E-state index is 14.3. The van der Waals surface area contributed by atoms with Crippen LogP contribution in [0.3, 0.4) is 0 Å². The molecule has 89 heavy (non-hydrogen) atoms. The summed E-state index contributed by atoms with van der Waals surface area (Å²) in [5, 5.41) is 43.6. The van der Waals surface area contributed by atoms with Crippen LogP contribution < -0.4 is 27.0 Å². The Labute approximate surface area is 525 Å². The molecule has 0 aromatic carbocycles. The van der Waals surface area contributed by atoms with Gasteiger partial charge in [0, 0.05) is 156 Å². The Morgan fingerprint density at radius 3 is 1.20 bits per heavy atom. The lowest BCUT2D eigenvalue weighted by Gasteiger charge is -2.28. The Morgan fingerprint density at radius 1 is 0.449 bits per heavy atom. The standard InChI is InChI=1S/C65H103N5O18Si/c1-5-86-89(87-6-2,88-7-3)31-12-11-17-39(72)16-9-8-10-21-55(67-38(4)71)65(85)70-54-24-15-20-45(54)64(84)51-37-42(75)34-48(51)58(78)27-30-61(81)69-53-23-14-19-44(53)63(83)50-36-41(74)33-47(50)57(77)26-29-60(80)68-52-22-13-18-43(52)62(82)49-35-40(73)32-46(49)56(76)25-28-59(66)79/h40-55,73-75H,5-37H2,1-4H3,(H2,66,79)(H,67,71)(H,68,80)(H,69,81)(H,70,85)/t40?,41?,42?,43-,44-,45-,46-,47-,48-,49?,50?,51?,52?,53?,54?,55+/m1/s1. The molecule has 6 saturated carbocycles. The molecule has 0 bridgehead atoms. The van der Waals surface area contributed by atoms with Gasteiger partial charge in [-0.15, -0.1) is 0 Å². The molecule has 0 spiro atoms. The van der Waals surface area contributed by atoms with Crippen molar-refractivity contribution in [3.63, 3.8) is 0 Å². The van der Waals surface area contributed by atoms with Crippen LogP contribution in [-0.4, -0.2) is 156 Å². The average Bonchev–Trinajstić information content (AvgIpc) is 3.18. The van der Waals surface area contributed by atoms with Crippen molar-refractivity contribution in [2.24, 2.45) is 59.0 Å². The Kier molecular flexibility index (Phi) is 29.3. The molecule has 9 N–H and O–H groups in total. The minimum Gasteiger partial charge on any atom is -0.393 e. The van der Waals surface area contributed by atoms with Gasteiger partial charge < -0.3 is 55.6 Å². The first kappa shape index (κ1) is 73.1. The second kappa shape index (κ2) is 35.7.